The number of aromatic nitrogens is 2. The largest absolute Gasteiger partial charge is 0.489 e. The molecule has 7 nitrogen and oxygen atoms in total. The van der Waals surface area contributed by atoms with Crippen LogP contribution in [0.5, 0.6) is 5.75 Å². The molecule has 5 rings (SSSR count). The van der Waals surface area contributed by atoms with E-state index in [4.69, 9.17) is 16.3 Å². The fraction of sp³-hybridized carbons (Fsp3) is 0.478. The molecule has 0 unspecified atom stereocenters. The van der Waals surface area contributed by atoms with E-state index in [-0.39, 0.29) is 17.0 Å². The molecule has 3 aromatic rings. The number of likely N-dealkylation sites (tertiary alicyclic amines) is 1. The van der Waals surface area contributed by atoms with Gasteiger partial charge in [-0.2, -0.15) is 8.68 Å². The van der Waals surface area contributed by atoms with Crippen molar-refractivity contribution >= 4 is 43.2 Å². The van der Waals surface area contributed by atoms with Gasteiger partial charge in [-0.05, 0) is 73.9 Å². The first-order chi connectivity index (χ1) is 15.9. The van der Waals surface area contributed by atoms with Gasteiger partial charge in [-0.15, -0.1) is 0 Å². The Bertz CT molecular complexity index is 1240. The van der Waals surface area contributed by atoms with Gasteiger partial charge in [-0.25, -0.2) is 13.4 Å². The Kier molecular flexibility index (Phi) is 6.59. The van der Waals surface area contributed by atoms with E-state index in [0.29, 0.717) is 17.0 Å². The van der Waals surface area contributed by atoms with Gasteiger partial charge >= 0.3 is 0 Å². The second-order valence-electron chi connectivity index (χ2n) is 8.93. The van der Waals surface area contributed by atoms with E-state index in [9.17, 15) is 8.42 Å². The zero-order valence-corrected chi connectivity index (χ0v) is 20.9. The molecule has 0 radical (unpaired) electrons. The second-order valence-corrected chi connectivity index (χ2v) is 12.1. The first-order valence-corrected chi connectivity index (χ1v) is 13.8. The minimum absolute atomic E-state index is 0.0493. The number of sulfonamides is 1. The van der Waals surface area contributed by atoms with Crippen LogP contribution < -0.4 is 4.74 Å². The van der Waals surface area contributed by atoms with E-state index in [0.717, 1.165) is 48.5 Å². The maximum Gasteiger partial charge on any atom is 0.261 e. The Hall–Kier alpha value is -1.78. The van der Waals surface area contributed by atoms with Gasteiger partial charge in [-0.3, -0.25) is 4.90 Å². The molecule has 0 amide bonds. The van der Waals surface area contributed by atoms with Gasteiger partial charge in [-0.1, -0.05) is 23.7 Å². The smallest absolute Gasteiger partial charge is 0.261 e. The monoisotopic (exact) mass is 506 g/mol. The molecule has 1 aromatic carbocycles. The molecular weight excluding hydrogens is 480 g/mol. The van der Waals surface area contributed by atoms with Gasteiger partial charge in [0.2, 0.25) is 0 Å². The third-order valence-corrected chi connectivity index (χ3v) is 9.51. The average molecular weight is 507 g/mol. The molecule has 10 heteroatoms. The molecule has 176 valence electrons. The molecule has 1 saturated carbocycles. The van der Waals surface area contributed by atoms with Crippen molar-refractivity contribution in [2.75, 3.05) is 26.7 Å². The summed E-state index contributed by atoms with van der Waals surface area (Å²) >= 11 is 7.92. The van der Waals surface area contributed by atoms with Gasteiger partial charge < -0.3 is 4.74 Å². The molecular formula is C23H27ClN4O3S2. The number of ether oxygens (including phenoxy) is 1. The Balaban J connectivity index is 1.18. The summed E-state index contributed by atoms with van der Waals surface area (Å²) < 4.78 is 38.7. The summed E-state index contributed by atoms with van der Waals surface area (Å²) in [6, 6.07) is 7.76. The lowest BCUT2D eigenvalue weighted by Crippen LogP contribution is -2.42. The van der Waals surface area contributed by atoms with E-state index in [1.807, 2.05) is 12.1 Å². The summed E-state index contributed by atoms with van der Waals surface area (Å²) in [4.78, 5) is 6.56. The zero-order chi connectivity index (χ0) is 23.0. The minimum atomic E-state index is -3.68. The molecule has 0 atom stereocenters. The van der Waals surface area contributed by atoms with Gasteiger partial charge in [0.25, 0.3) is 10.0 Å². The lowest BCUT2D eigenvalue weighted by molar-refractivity contribution is 0.0575. The van der Waals surface area contributed by atoms with Crippen molar-refractivity contribution in [3.05, 3.63) is 47.2 Å². The van der Waals surface area contributed by atoms with Crippen LogP contribution in [0.15, 0.2) is 41.7 Å². The fourth-order valence-electron chi connectivity index (χ4n) is 4.64. The molecule has 1 aliphatic carbocycles. The summed E-state index contributed by atoms with van der Waals surface area (Å²) in [5, 5.41) is 1.34. The Morgan fingerprint density at radius 2 is 2.03 bits per heavy atom. The summed E-state index contributed by atoms with van der Waals surface area (Å²) in [7, 11) is -2.07. The van der Waals surface area contributed by atoms with Crippen LogP contribution in [0.4, 0.5) is 0 Å². The Labute approximate surface area is 203 Å². The second kappa shape index (κ2) is 9.46. The maximum absolute atomic E-state index is 13.1. The van der Waals surface area contributed by atoms with Crippen LogP contribution in [-0.2, 0) is 16.6 Å². The third kappa shape index (κ3) is 4.74. The highest BCUT2D eigenvalue weighted by atomic mass is 35.5. The predicted octanol–water partition coefficient (Wildman–Crippen LogP) is 4.42. The number of pyridine rings is 1. The van der Waals surface area contributed by atoms with E-state index >= 15 is 0 Å². The highest BCUT2D eigenvalue weighted by Crippen LogP contribution is 2.37. The predicted molar refractivity (Wildman–Crippen MR) is 130 cm³/mol. The molecule has 1 saturated heterocycles. The normalized spacial score (nSPS) is 21.5. The Morgan fingerprint density at radius 3 is 2.82 bits per heavy atom. The van der Waals surface area contributed by atoms with Crippen LogP contribution in [0.25, 0.3) is 10.1 Å². The topological polar surface area (TPSA) is 75.6 Å². The molecule has 2 aliphatic rings. The third-order valence-electron chi connectivity index (χ3n) is 6.54. The highest BCUT2D eigenvalue weighted by molar-refractivity contribution is 7.89. The Morgan fingerprint density at radius 1 is 1.24 bits per heavy atom. The minimum Gasteiger partial charge on any atom is -0.489 e. The summed E-state index contributed by atoms with van der Waals surface area (Å²) in [5.41, 5.74) is 1.10. The maximum atomic E-state index is 13.1. The molecule has 3 heterocycles. The molecule has 0 bridgehead atoms. The van der Waals surface area contributed by atoms with Gasteiger partial charge in [0.1, 0.15) is 5.75 Å². The van der Waals surface area contributed by atoms with Crippen molar-refractivity contribution < 1.29 is 13.2 Å². The van der Waals surface area contributed by atoms with E-state index in [2.05, 4.69) is 20.3 Å². The number of rotatable bonds is 8. The number of benzene rings is 1. The first kappa shape index (κ1) is 23.0. The number of hydrogen-bond donors (Lipinski definition) is 0. The standard InChI is InChI=1S/C23H27ClN4O3S2/c1-27(33(29,30)23-19-13-26-32-21(19)7-8-25-23)14-16-11-18(12-16)31-20-6-4-5-17(22(20)24)15-28-9-2-3-10-28/h4-8,13,16,18H,2-3,9-12,14-15H2,1H3. The average Bonchev–Trinajstić information content (AvgIpc) is 3.46. The SMILES string of the molecule is CN(CC1CC(Oc2cccc(CN3CCCC3)c2Cl)C1)S(=O)(=O)c1nccc2sncc12. The van der Waals surface area contributed by atoms with Crippen LogP contribution >= 0.6 is 23.1 Å². The first-order valence-electron chi connectivity index (χ1n) is 11.2. The van der Waals surface area contributed by atoms with E-state index in [1.165, 1.54) is 34.9 Å². The molecule has 2 fully saturated rings. The highest BCUT2D eigenvalue weighted by Gasteiger charge is 2.35. The quantitative estimate of drug-likeness (QED) is 0.450. The van der Waals surface area contributed by atoms with Crippen molar-refractivity contribution in [3.8, 4) is 5.75 Å². The van der Waals surface area contributed by atoms with Gasteiger partial charge in [0.05, 0.1) is 27.4 Å². The van der Waals surface area contributed by atoms with Crippen LogP contribution in [0.1, 0.15) is 31.2 Å². The van der Waals surface area contributed by atoms with Gasteiger partial charge in [0.15, 0.2) is 5.03 Å². The van der Waals surface area contributed by atoms with Crippen molar-refractivity contribution in [1.82, 2.24) is 18.6 Å². The number of hydrogen-bond acceptors (Lipinski definition) is 7. The number of halogens is 1. The lowest BCUT2D eigenvalue weighted by Gasteiger charge is -2.37. The number of nitrogens with zero attached hydrogens (tertiary/aromatic N) is 4. The molecule has 0 spiro atoms. The zero-order valence-electron chi connectivity index (χ0n) is 18.5. The van der Waals surface area contributed by atoms with Crippen molar-refractivity contribution in [2.45, 2.75) is 43.4 Å². The van der Waals surface area contributed by atoms with Crippen LogP contribution in [-0.4, -0.2) is 59.8 Å². The van der Waals surface area contributed by atoms with Crippen molar-refractivity contribution in [1.29, 1.82) is 0 Å². The van der Waals surface area contributed by atoms with Gasteiger partial charge in [0, 0.05) is 26.3 Å². The molecule has 33 heavy (non-hydrogen) atoms. The van der Waals surface area contributed by atoms with Crippen LogP contribution in [0.2, 0.25) is 5.02 Å². The van der Waals surface area contributed by atoms with E-state index in [1.54, 1.807) is 19.3 Å². The number of fused-ring (bicyclic) bond motifs is 1. The lowest BCUT2D eigenvalue weighted by atomic mass is 9.82. The van der Waals surface area contributed by atoms with Crippen molar-refractivity contribution in [2.24, 2.45) is 5.92 Å². The van der Waals surface area contributed by atoms with Crippen LogP contribution in [0, 0.1) is 5.92 Å². The summed E-state index contributed by atoms with van der Waals surface area (Å²) in [6.45, 7) is 3.52. The van der Waals surface area contributed by atoms with Crippen LogP contribution in [0.3, 0.4) is 0 Å². The van der Waals surface area contributed by atoms with Crippen molar-refractivity contribution in [3.63, 3.8) is 0 Å². The summed E-state index contributed by atoms with van der Waals surface area (Å²) in [5.74, 6) is 0.958. The molecule has 2 aromatic heterocycles. The van der Waals surface area contributed by atoms with E-state index < -0.39 is 10.0 Å². The molecule has 1 aliphatic heterocycles. The summed E-state index contributed by atoms with van der Waals surface area (Å²) in [6.07, 6.45) is 7.23. The fourth-order valence-corrected chi connectivity index (χ4v) is 6.91. The molecule has 0 N–H and O–H groups in total.